The van der Waals surface area contributed by atoms with Crippen LogP contribution < -0.4 is 0 Å². The minimum atomic E-state index is -1.70. The van der Waals surface area contributed by atoms with Gasteiger partial charge in [0.1, 0.15) is 11.9 Å². The minimum Gasteiger partial charge on any atom is -0.456 e. The van der Waals surface area contributed by atoms with E-state index in [2.05, 4.69) is 19.1 Å². The Morgan fingerprint density at radius 3 is 2.45 bits per heavy atom. The zero-order valence-corrected chi connectivity index (χ0v) is 27.7. The van der Waals surface area contributed by atoms with Gasteiger partial charge in [0.2, 0.25) is 6.29 Å². The van der Waals surface area contributed by atoms with E-state index < -0.39 is 68.5 Å². The van der Waals surface area contributed by atoms with Crippen LogP contribution in [0.5, 0.6) is 0 Å². The third-order valence-corrected chi connectivity index (χ3v) is 14.6. The van der Waals surface area contributed by atoms with Crippen molar-refractivity contribution >= 4 is 23.5 Å². The number of Topliss-reactive ketones (excluding diaryl/α,β-unsaturated/α-hetero) is 2. The summed E-state index contributed by atoms with van der Waals surface area (Å²) in [5.74, 6) is -2.35. The average molecular weight is 645 g/mol. The van der Waals surface area contributed by atoms with Crippen LogP contribution in [-0.4, -0.2) is 63.9 Å². The molecular weight excluding hydrogens is 600 g/mol. The number of hydrogen-bond acceptors (Lipinski definition) is 9. The van der Waals surface area contributed by atoms with Crippen molar-refractivity contribution in [2.45, 2.75) is 96.7 Å². The smallest absolute Gasteiger partial charge is 0.341 e. The third kappa shape index (κ3) is 3.41. The first-order valence-corrected chi connectivity index (χ1v) is 17.0. The summed E-state index contributed by atoms with van der Waals surface area (Å²) < 4.78 is 18.4. The molecule has 0 amide bonds. The van der Waals surface area contributed by atoms with Gasteiger partial charge in [-0.25, -0.2) is 9.59 Å². The second-order valence-corrected chi connectivity index (χ2v) is 16.6. The predicted molar refractivity (Wildman–Crippen MR) is 167 cm³/mol. The fourth-order valence-corrected chi connectivity index (χ4v) is 12.1. The highest BCUT2D eigenvalue weighted by Gasteiger charge is 2.88. The number of benzene rings is 1. The van der Waals surface area contributed by atoms with Gasteiger partial charge < -0.3 is 24.4 Å². The van der Waals surface area contributed by atoms with Gasteiger partial charge in [0, 0.05) is 51.9 Å². The Morgan fingerprint density at radius 2 is 1.74 bits per heavy atom. The molecule has 4 aliphatic carbocycles. The number of rotatable bonds is 6. The molecule has 3 saturated carbocycles. The summed E-state index contributed by atoms with van der Waals surface area (Å²) in [7, 11) is 0. The number of hydrogen-bond donors (Lipinski definition) is 2. The van der Waals surface area contributed by atoms with E-state index in [1.54, 1.807) is 37.3 Å². The SMILES string of the molecule is C/C(=C\[C@H]1C[C@@](O)([C@@H]2CC[C@]34C[C@]23C=C[C@@H]2[C@@]3(C)[C@H]5OC(=O)[C@](CC(=O)c6ccccc6)(O5)C(C)(C)[C@@H]3CC(=O)[C@]24C)C(=O)O1)CO. The molecule has 9 nitrogen and oxygen atoms in total. The molecule has 11 atom stereocenters. The molecule has 47 heavy (non-hydrogen) atoms. The molecule has 3 aliphatic heterocycles. The Labute approximate surface area is 274 Å². The van der Waals surface area contributed by atoms with E-state index in [9.17, 15) is 29.4 Å². The zero-order chi connectivity index (χ0) is 33.6. The third-order valence-electron chi connectivity index (χ3n) is 14.6. The van der Waals surface area contributed by atoms with Crippen molar-refractivity contribution in [3.63, 3.8) is 0 Å². The van der Waals surface area contributed by atoms with Crippen LogP contribution in [0.4, 0.5) is 0 Å². The molecule has 3 saturated heterocycles. The molecule has 0 unspecified atom stereocenters. The molecule has 0 spiro atoms. The van der Waals surface area contributed by atoms with Crippen molar-refractivity contribution in [2.75, 3.05) is 6.61 Å². The Hall–Kier alpha value is -3.14. The summed E-state index contributed by atoms with van der Waals surface area (Å²) in [4.78, 5) is 55.5. The highest BCUT2D eigenvalue weighted by molar-refractivity contribution is 6.01. The van der Waals surface area contributed by atoms with Crippen molar-refractivity contribution < 1.29 is 43.6 Å². The first-order chi connectivity index (χ1) is 22.1. The van der Waals surface area contributed by atoms with Gasteiger partial charge in [0.25, 0.3) is 0 Å². The van der Waals surface area contributed by atoms with Gasteiger partial charge in [-0.1, -0.05) is 70.2 Å². The second-order valence-electron chi connectivity index (χ2n) is 16.6. The van der Waals surface area contributed by atoms with Crippen molar-refractivity contribution in [1.29, 1.82) is 0 Å². The molecule has 8 rings (SSSR count). The summed E-state index contributed by atoms with van der Waals surface area (Å²) in [5.41, 5.74) is -5.59. The molecule has 1 aromatic carbocycles. The summed E-state index contributed by atoms with van der Waals surface area (Å²) in [6.45, 7) is 9.60. The molecular formula is C38H44O9. The average Bonchev–Trinajstić information content (AvgIpc) is 3.23. The van der Waals surface area contributed by atoms with Crippen molar-refractivity contribution in [1.82, 2.24) is 0 Å². The quantitative estimate of drug-likeness (QED) is 0.261. The number of carbonyl (C=O) groups is 4. The summed E-state index contributed by atoms with van der Waals surface area (Å²) in [5, 5.41) is 21.5. The van der Waals surface area contributed by atoms with Crippen LogP contribution in [0.1, 0.15) is 83.5 Å². The number of esters is 2. The normalized spacial score (nSPS) is 48.6. The molecule has 3 heterocycles. The van der Waals surface area contributed by atoms with Crippen molar-refractivity contribution in [3.8, 4) is 0 Å². The van der Waals surface area contributed by atoms with Crippen molar-refractivity contribution in [2.24, 2.45) is 44.8 Å². The molecule has 9 heteroatoms. The lowest BCUT2D eigenvalue weighted by atomic mass is 9.39. The zero-order valence-electron chi connectivity index (χ0n) is 27.7. The Balaban J connectivity index is 1.16. The molecule has 6 fully saturated rings. The van der Waals surface area contributed by atoms with E-state index in [0.29, 0.717) is 30.4 Å². The highest BCUT2D eigenvalue weighted by Crippen LogP contribution is 2.89. The first-order valence-electron chi connectivity index (χ1n) is 17.0. The van der Waals surface area contributed by atoms with Gasteiger partial charge in [0.05, 0.1) is 13.0 Å². The molecule has 7 aliphatic rings. The van der Waals surface area contributed by atoms with Gasteiger partial charge in [-0.05, 0) is 49.2 Å². The van der Waals surface area contributed by atoms with Crippen LogP contribution in [0.3, 0.4) is 0 Å². The van der Waals surface area contributed by atoms with Gasteiger partial charge in [0.15, 0.2) is 17.0 Å². The van der Waals surface area contributed by atoms with Gasteiger partial charge in [-0.3, -0.25) is 9.59 Å². The molecule has 1 aromatic rings. The van der Waals surface area contributed by atoms with Crippen LogP contribution >= 0.6 is 0 Å². The van der Waals surface area contributed by atoms with E-state index in [-0.39, 0.29) is 49.3 Å². The van der Waals surface area contributed by atoms with E-state index in [1.165, 1.54) is 0 Å². The summed E-state index contributed by atoms with van der Waals surface area (Å²) in [6.07, 6.45) is 6.47. The van der Waals surface area contributed by atoms with E-state index >= 15 is 0 Å². The fraction of sp³-hybridized carbons (Fsp3) is 0.632. The number of carbonyl (C=O) groups excluding carboxylic acids is 4. The molecule has 2 N–H and O–H groups in total. The molecule has 0 radical (unpaired) electrons. The maximum Gasteiger partial charge on any atom is 0.341 e. The number of allylic oxidation sites excluding steroid dienone is 2. The van der Waals surface area contributed by atoms with E-state index in [4.69, 9.17) is 14.2 Å². The monoisotopic (exact) mass is 644 g/mol. The van der Waals surface area contributed by atoms with Crippen LogP contribution in [0, 0.1) is 44.8 Å². The number of aliphatic hydroxyl groups excluding tert-OH is 1. The summed E-state index contributed by atoms with van der Waals surface area (Å²) in [6, 6.07) is 8.85. The van der Waals surface area contributed by atoms with Crippen LogP contribution in [-0.2, 0) is 28.6 Å². The molecule has 0 aromatic heterocycles. The highest BCUT2D eigenvalue weighted by atomic mass is 16.8. The number of aliphatic hydroxyl groups is 2. The Kier molecular flexibility index (Phi) is 6.16. The van der Waals surface area contributed by atoms with Gasteiger partial charge in [-0.15, -0.1) is 0 Å². The van der Waals surface area contributed by atoms with Crippen molar-refractivity contribution in [3.05, 3.63) is 59.7 Å². The number of fused-ring (bicyclic) bond motifs is 6. The van der Waals surface area contributed by atoms with E-state index in [1.807, 2.05) is 26.8 Å². The number of ketones is 2. The van der Waals surface area contributed by atoms with Crippen LogP contribution in [0.2, 0.25) is 0 Å². The lowest BCUT2D eigenvalue weighted by Crippen LogP contribution is -2.70. The minimum absolute atomic E-state index is 0.108. The second kappa shape index (κ2) is 9.30. The van der Waals surface area contributed by atoms with E-state index in [0.717, 1.165) is 0 Å². The summed E-state index contributed by atoms with van der Waals surface area (Å²) >= 11 is 0. The van der Waals surface area contributed by atoms with Crippen LogP contribution in [0.25, 0.3) is 0 Å². The number of cyclic esters (lactones) is 1. The topological polar surface area (TPSA) is 136 Å². The number of ether oxygens (including phenoxy) is 3. The fourth-order valence-electron chi connectivity index (χ4n) is 12.1. The predicted octanol–water partition coefficient (Wildman–Crippen LogP) is 4.50. The first kappa shape index (κ1) is 31.1. The largest absolute Gasteiger partial charge is 0.456 e. The standard InChI is InChI=1S/C38H44O9/c1-21(19-39)15-23-17-37(44,29(42)45-23)26-12-14-36-20-35(26,36)13-11-25-33(4)27(16-28(41)34(25,36)5)32(2,3)38(30(43)46-31(33)47-38)18-24(40)22-9-7-6-8-10-22/h6-11,13,15,23,25-27,31,39,44H,12,14,16-20H2,1-5H3/b21-15+/t23-,25+,26+,27-,31-,33+,34-,35+,36+,37+,38-/m0/s1. The molecule has 2 bridgehead atoms. The van der Waals surface area contributed by atoms with Gasteiger partial charge >= 0.3 is 11.9 Å². The molecule has 250 valence electrons. The Morgan fingerprint density at radius 1 is 1.02 bits per heavy atom. The van der Waals surface area contributed by atoms with Crippen LogP contribution in [0.15, 0.2) is 54.1 Å². The van der Waals surface area contributed by atoms with Gasteiger partial charge in [-0.2, -0.15) is 0 Å². The maximum absolute atomic E-state index is 14.8. The lowest BCUT2D eigenvalue weighted by Gasteiger charge is -2.65. The maximum atomic E-state index is 14.8. The lowest BCUT2D eigenvalue weighted by molar-refractivity contribution is -0.295. The Bertz CT molecular complexity index is 1680.